The molecule has 1 aromatic carbocycles. The van der Waals surface area contributed by atoms with Crippen molar-refractivity contribution in [2.75, 3.05) is 0 Å². The highest BCUT2D eigenvalue weighted by Crippen LogP contribution is 2.21. The molecule has 74 valence electrons. The first kappa shape index (κ1) is 9.47. The van der Waals surface area contributed by atoms with Crippen LogP contribution in [0.5, 0.6) is 0 Å². The lowest BCUT2D eigenvalue weighted by atomic mass is 10.1. The Morgan fingerprint density at radius 3 is 2.80 bits per heavy atom. The second-order valence-electron chi connectivity index (χ2n) is 3.55. The minimum absolute atomic E-state index is 0.0159. The van der Waals surface area contributed by atoms with E-state index in [-0.39, 0.29) is 5.91 Å². The fourth-order valence-corrected chi connectivity index (χ4v) is 1.82. The molecule has 0 aliphatic heterocycles. The van der Waals surface area contributed by atoms with Gasteiger partial charge in [-0.15, -0.1) is 0 Å². The van der Waals surface area contributed by atoms with E-state index in [0.29, 0.717) is 5.56 Å². The molecule has 3 heteroatoms. The molecule has 0 bridgehead atoms. The van der Waals surface area contributed by atoms with Gasteiger partial charge in [0.2, 0.25) is 5.91 Å². The summed E-state index contributed by atoms with van der Waals surface area (Å²) in [7, 11) is 0. The second-order valence-corrected chi connectivity index (χ2v) is 3.55. The molecular formula is C12H10N2O. The zero-order chi connectivity index (χ0) is 11.0. The Labute approximate surface area is 87.5 Å². The van der Waals surface area contributed by atoms with Crippen LogP contribution in [-0.4, -0.2) is 10.5 Å². The van der Waals surface area contributed by atoms with E-state index < -0.39 is 0 Å². The Morgan fingerprint density at radius 2 is 2.20 bits per heavy atom. The van der Waals surface area contributed by atoms with Gasteiger partial charge in [-0.05, 0) is 30.7 Å². The van der Waals surface area contributed by atoms with Crippen molar-refractivity contribution in [2.24, 2.45) is 0 Å². The second kappa shape index (κ2) is 3.25. The number of aromatic nitrogens is 1. The Morgan fingerprint density at radius 1 is 1.47 bits per heavy atom. The predicted octanol–water partition coefficient (Wildman–Crippen LogP) is 2.48. The number of fused-ring (bicyclic) bond motifs is 1. The van der Waals surface area contributed by atoms with Crippen LogP contribution in [0.1, 0.15) is 22.8 Å². The minimum Gasteiger partial charge on any atom is -0.287 e. The fourth-order valence-electron chi connectivity index (χ4n) is 1.82. The lowest BCUT2D eigenvalue weighted by Gasteiger charge is -2.03. The van der Waals surface area contributed by atoms with Crippen LogP contribution in [-0.2, 0) is 0 Å². The number of nitriles is 1. The third kappa shape index (κ3) is 1.40. The van der Waals surface area contributed by atoms with Crippen molar-refractivity contribution >= 4 is 16.8 Å². The van der Waals surface area contributed by atoms with Crippen LogP contribution in [0, 0.1) is 18.3 Å². The van der Waals surface area contributed by atoms with E-state index in [1.165, 1.54) is 6.92 Å². The highest BCUT2D eigenvalue weighted by Gasteiger charge is 2.08. The molecule has 0 atom stereocenters. The molecule has 0 aliphatic rings. The highest BCUT2D eigenvalue weighted by molar-refractivity contribution is 5.93. The van der Waals surface area contributed by atoms with E-state index in [2.05, 4.69) is 6.07 Å². The van der Waals surface area contributed by atoms with E-state index in [1.54, 1.807) is 22.9 Å². The summed E-state index contributed by atoms with van der Waals surface area (Å²) in [5.74, 6) is -0.0159. The zero-order valence-corrected chi connectivity index (χ0v) is 8.61. The monoisotopic (exact) mass is 198 g/mol. The molecule has 0 amide bonds. The average molecular weight is 198 g/mol. The van der Waals surface area contributed by atoms with Crippen LogP contribution in [0.4, 0.5) is 0 Å². The molecule has 1 aromatic heterocycles. The molecule has 15 heavy (non-hydrogen) atoms. The van der Waals surface area contributed by atoms with Gasteiger partial charge in [0.05, 0.1) is 17.1 Å². The van der Waals surface area contributed by atoms with E-state index in [1.807, 2.05) is 13.0 Å². The number of nitrogens with zero attached hydrogens (tertiary/aromatic N) is 2. The predicted molar refractivity (Wildman–Crippen MR) is 57.7 cm³/mol. The molecule has 2 rings (SSSR count). The van der Waals surface area contributed by atoms with Crippen molar-refractivity contribution in [3.63, 3.8) is 0 Å². The number of hydrogen-bond donors (Lipinski definition) is 0. The molecule has 0 saturated carbocycles. The first-order valence-corrected chi connectivity index (χ1v) is 4.66. The van der Waals surface area contributed by atoms with Gasteiger partial charge < -0.3 is 0 Å². The average Bonchev–Trinajstić information content (AvgIpc) is 2.61. The van der Waals surface area contributed by atoms with Crippen LogP contribution in [0.15, 0.2) is 24.4 Å². The summed E-state index contributed by atoms with van der Waals surface area (Å²) in [6.07, 6.45) is 1.74. The standard InChI is InChI=1S/C12H10N2O/c1-8-5-10(7-13)6-11-3-4-14(9(2)15)12(8)11/h3-6H,1-2H3. The highest BCUT2D eigenvalue weighted by atomic mass is 16.1. The molecular weight excluding hydrogens is 188 g/mol. The van der Waals surface area contributed by atoms with Crippen LogP contribution >= 0.6 is 0 Å². The lowest BCUT2D eigenvalue weighted by molar-refractivity contribution is 0.0941. The van der Waals surface area contributed by atoms with E-state index in [0.717, 1.165) is 16.5 Å². The summed E-state index contributed by atoms with van der Waals surface area (Å²) < 4.78 is 1.60. The maximum Gasteiger partial charge on any atom is 0.227 e. The summed E-state index contributed by atoms with van der Waals surface area (Å²) in [5, 5.41) is 9.75. The third-order valence-corrected chi connectivity index (χ3v) is 2.44. The Kier molecular flexibility index (Phi) is 2.05. The first-order chi connectivity index (χ1) is 7.13. The normalized spacial score (nSPS) is 10.2. The van der Waals surface area contributed by atoms with Crippen LogP contribution in [0.3, 0.4) is 0 Å². The van der Waals surface area contributed by atoms with Gasteiger partial charge in [-0.3, -0.25) is 9.36 Å². The molecule has 0 radical (unpaired) electrons. The van der Waals surface area contributed by atoms with Gasteiger partial charge in [0.25, 0.3) is 0 Å². The van der Waals surface area contributed by atoms with Gasteiger partial charge in [0.1, 0.15) is 0 Å². The van der Waals surface area contributed by atoms with Crippen LogP contribution in [0.25, 0.3) is 10.9 Å². The molecule has 0 saturated heterocycles. The van der Waals surface area contributed by atoms with Crippen molar-refractivity contribution in [1.82, 2.24) is 4.57 Å². The summed E-state index contributed by atoms with van der Waals surface area (Å²) in [5.41, 5.74) is 2.46. The number of rotatable bonds is 0. The van der Waals surface area contributed by atoms with Crippen molar-refractivity contribution in [2.45, 2.75) is 13.8 Å². The molecule has 0 spiro atoms. The molecule has 0 unspecified atom stereocenters. The maximum absolute atomic E-state index is 11.3. The molecule has 2 aromatic rings. The zero-order valence-electron chi connectivity index (χ0n) is 8.61. The molecule has 0 N–H and O–H groups in total. The quantitative estimate of drug-likeness (QED) is 0.652. The smallest absolute Gasteiger partial charge is 0.227 e. The van der Waals surface area contributed by atoms with Crippen molar-refractivity contribution < 1.29 is 4.79 Å². The van der Waals surface area contributed by atoms with Gasteiger partial charge >= 0.3 is 0 Å². The topological polar surface area (TPSA) is 45.8 Å². The Bertz CT molecular complexity index is 587. The number of hydrogen-bond acceptors (Lipinski definition) is 2. The third-order valence-electron chi connectivity index (χ3n) is 2.44. The van der Waals surface area contributed by atoms with E-state index >= 15 is 0 Å². The SMILES string of the molecule is CC(=O)n1ccc2cc(C#N)cc(C)c21. The van der Waals surface area contributed by atoms with Crippen molar-refractivity contribution in [3.05, 3.63) is 35.5 Å². The Hall–Kier alpha value is -2.08. The van der Waals surface area contributed by atoms with Gasteiger partial charge in [0.15, 0.2) is 0 Å². The molecule has 3 nitrogen and oxygen atoms in total. The summed E-state index contributed by atoms with van der Waals surface area (Å²) in [6, 6.07) is 7.54. The number of carbonyl (C=O) groups excluding carboxylic acids is 1. The lowest BCUT2D eigenvalue weighted by Crippen LogP contribution is -2.04. The van der Waals surface area contributed by atoms with Crippen molar-refractivity contribution in [3.8, 4) is 6.07 Å². The van der Waals surface area contributed by atoms with Crippen LogP contribution < -0.4 is 0 Å². The maximum atomic E-state index is 11.3. The fraction of sp³-hybridized carbons (Fsp3) is 0.167. The number of carbonyl (C=O) groups is 1. The molecule has 0 aliphatic carbocycles. The Balaban J connectivity index is 2.84. The van der Waals surface area contributed by atoms with Gasteiger partial charge in [-0.1, -0.05) is 0 Å². The van der Waals surface area contributed by atoms with Crippen molar-refractivity contribution in [1.29, 1.82) is 5.26 Å². The van der Waals surface area contributed by atoms with Gasteiger partial charge in [-0.2, -0.15) is 5.26 Å². The number of benzene rings is 1. The molecule has 1 heterocycles. The van der Waals surface area contributed by atoms with Crippen LogP contribution in [0.2, 0.25) is 0 Å². The van der Waals surface area contributed by atoms with Gasteiger partial charge in [0, 0.05) is 18.5 Å². The largest absolute Gasteiger partial charge is 0.287 e. The summed E-state index contributed by atoms with van der Waals surface area (Å²) >= 11 is 0. The minimum atomic E-state index is -0.0159. The van der Waals surface area contributed by atoms with Gasteiger partial charge in [-0.25, -0.2) is 0 Å². The van der Waals surface area contributed by atoms with E-state index in [9.17, 15) is 4.79 Å². The summed E-state index contributed by atoms with van der Waals surface area (Å²) in [6.45, 7) is 3.43. The first-order valence-electron chi connectivity index (χ1n) is 4.66. The summed E-state index contributed by atoms with van der Waals surface area (Å²) in [4.78, 5) is 11.3. The molecule has 0 fully saturated rings. The van der Waals surface area contributed by atoms with E-state index in [4.69, 9.17) is 5.26 Å². The number of aryl methyl sites for hydroxylation is 1.